The Morgan fingerprint density at radius 1 is 1.12 bits per heavy atom. The van der Waals surface area contributed by atoms with Crippen LogP contribution in [0.4, 0.5) is 0 Å². The topological polar surface area (TPSA) is 38.3 Å². The maximum Gasteiger partial charge on any atom is 0.220 e. The predicted octanol–water partition coefficient (Wildman–Crippen LogP) is 4.29. The molecule has 2 aromatic carbocycles. The lowest BCUT2D eigenvalue weighted by molar-refractivity contribution is -0.122. The van der Waals surface area contributed by atoms with Crippen molar-refractivity contribution in [3.05, 3.63) is 42.0 Å². The number of carbonyl (C=O) groups excluding carboxylic acids is 1. The lowest BCUT2D eigenvalue weighted by Gasteiger charge is -2.20. The normalized spacial score (nSPS) is 25.1. The molecule has 1 N–H and O–H groups in total. The van der Waals surface area contributed by atoms with Gasteiger partial charge in [-0.25, -0.2) is 0 Å². The van der Waals surface area contributed by atoms with Gasteiger partial charge in [0.1, 0.15) is 5.75 Å². The third kappa shape index (κ3) is 3.12. The van der Waals surface area contributed by atoms with Gasteiger partial charge in [-0.15, -0.1) is 0 Å². The zero-order valence-corrected chi connectivity index (χ0v) is 14.3. The Morgan fingerprint density at radius 2 is 1.96 bits per heavy atom. The molecule has 0 radical (unpaired) electrons. The molecule has 0 aromatic heterocycles. The van der Waals surface area contributed by atoms with Gasteiger partial charge < -0.3 is 10.1 Å². The molecule has 0 saturated heterocycles. The standard InChI is InChI=1S/C21H25NO2/c1-24-20-7-6-16-10-15(3-5-18(16)11-20)13-22-21(23)12-19-9-14-2-4-17(19)8-14/h3,5-7,10-11,14,17,19H,2,4,8-9,12-13H2,1H3,(H,22,23). The maximum atomic E-state index is 12.3. The third-order valence-corrected chi connectivity index (χ3v) is 5.93. The number of ether oxygens (including phenoxy) is 1. The van der Waals surface area contributed by atoms with E-state index in [-0.39, 0.29) is 5.91 Å². The summed E-state index contributed by atoms with van der Waals surface area (Å²) in [7, 11) is 1.68. The van der Waals surface area contributed by atoms with Crippen molar-refractivity contribution in [2.75, 3.05) is 7.11 Å². The first-order chi connectivity index (χ1) is 11.7. The summed E-state index contributed by atoms with van der Waals surface area (Å²) >= 11 is 0. The summed E-state index contributed by atoms with van der Waals surface area (Å²) in [5.74, 6) is 3.44. The Bertz CT molecular complexity index is 755. The van der Waals surface area contributed by atoms with Crippen LogP contribution in [0.15, 0.2) is 36.4 Å². The van der Waals surface area contributed by atoms with E-state index in [1.165, 1.54) is 31.1 Å². The van der Waals surface area contributed by atoms with Crippen LogP contribution in [-0.2, 0) is 11.3 Å². The number of nitrogens with one attached hydrogen (secondary N) is 1. The van der Waals surface area contributed by atoms with Crippen LogP contribution in [0.3, 0.4) is 0 Å². The fourth-order valence-corrected chi connectivity index (χ4v) is 4.65. The van der Waals surface area contributed by atoms with Crippen molar-refractivity contribution in [2.24, 2.45) is 17.8 Å². The van der Waals surface area contributed by atoms with Gasteiger partial charge in [0.05, 0.1) is 7.11 Å². The number of carbonyl (C=O) groups is 1. The monoisotopic (exact) mass is 323 g/mol. The van der Waals surface area contributed by atoms with E-state index in [2.05, 4.69) is 29.6 Å². The summed E-state index contributed by atoms with van der Waals surface area (Å²) in [5.41, 5.74) is 1.15. The number of hydrogen-bond acceptors (Lipinski definition) is 2. The van der Waals surface area contributed by atoms with Gasteiger partial charge in [0.2, 0.25) is 5.91 Å². The molecular weight excluding hydrogens is 298 g/mol. The fraction of sp³-hybridized carbons (Fsp3) is 0.476. The molecule has 3 heteroatoms. The summed E-state index contributed by atoms with van der Waals surface area (Å²) in [6, 6.07) is 12.4. The summed E-state index contributed by atoms with van der Waals surface area (Å²) in [6.45, 7) is 0.613. The minimum absolute atomic E-state index is 0.211. The second kappa shape index (κ2) is 6.46. The number of benzene rings is 2. The van der Waals surface area contributed by atoms with E-state index in [9.17, 15) is 4.79 Å². The van der Waals surface area contributed by atoms with Crippen molar-refractivity contribution in [1.82, 2.24) is 5.32 Å². The number of rotatable bonds is 5. The minimum Gasteiger partial charge on any atom is -0.497 e. The summed E-state index contributed by atoms with van der Waals surface area (Å²) in [6.07, 6.45) is 6.09. The predicted molar refractivity (Wildman–Crippen MR) is 95.9 cm³/mol. The molecule has 2 saturated carbocycles. The van der Waals surface area contributed by atoms with Crippen molar-refractivity contribution < 1.29 is 9.53 Å². The van der Waals surface area contributed by atoms with Crippen LogP contribution in [0.2, 0.25) is 0 Å². The Balaban J connectivity index is 1.35. The van der Waals surface area contributed by atoms with Crippen molar-refractivity contribution in [1.29, 1.82) is 0 Å². The largest absolute Gasteiger partial charge is 0.497 e. The van der Waals surface area contributed by atoms with Crippen LogP contribution < -0.4 is 10.1 Å². The zero-order valence-electron chi connectivity index (χ0n) is 14.3. The van der Waals surface area contributed by atoms with Crippen molar-refractivity contribution in [3.63, 3.8) is 0 Å². The minimum atomic E-state index is 0.211. The fourth-order valence-electron chi connectivity index (χ4n) is 4.65. The highest BCUT2D eigenvalue weighted by Gasteiger charge is 2.39. The van der Waals surface area contributed by atoms with Crippen molar-refractivity contribution in [2.45, 2.75) is 38.6 Å². The Labute approximate surface area is 143 Å². The second-order valence-electron chi connectivity index (χ2n) is 7.46. The van der Waals surface area contributed by atoms with E-state index in [0.29, 0.717) is 18.9 Å². The lowest BCUT2D eigenvalue weighted by Crippen LogP contribution is -2.26. The molecule has 3 unspecified atom stereocenters. The molecule has 1 amide bonds. The van der Waals surface area contributed by atoms with Gasteiger partial charge in [0.15, 0.2) is 0 Å². The van der Waals surface area contributed by atoms with Crippen LogP contribution in [0.1, 0.15) is 37.7 Å². The average molecular weight is 323 g/mol. The highest BCUT2D eigenvalue weighted by Crippen LogP contribution is 2.49. The van der Waals surface area contributed by atoms with Gasteiger partial charge in [-0.3, -0.25) is 4.79 Å². The lowest BCUT2D eigenvalue weighted by atomic mass is 9.86. The molecule has 0 heterocycles. The molecule has 2 bridgehead atoms. The highest BCUT2D eigenvalue weighted by molar-refractivity contribution is 5.84. The van der Waals surface area contributed by atoms with Gasteiger partial charge >= 0.3 is 0 Å². The molecule has 2 fully saturated rings. The van der Waals surface area contributed by atoms with Gasteiger partial charge in [-0.2, -0.15) is 0 Å². The van der Waals surface area contributed by atoms with Crippen LogP contribution in [0.5, 0.6) is 5.75 Å². The molecule has 3 nitrogen and oxygen atoms in total. The van der Waals surface area contributed by atoms with Crippen molar-refractivity contribution >= 4 is 16.7 Å². The van der Waals surface area contributed by atoms with Crippen LogP contribution in [-0.4, -0.2) is 13.0 Å². The highest BCUT2D eigenvalue weighted by atomic mass is 16.5. The SMILES string of the molecule is COc1ccc2cc(CNC(=O)CC3CC4CCC3C4)ccc2c1. The first kappa shape index (κ1) is 15.5. The molecular formula is C21H25NO2. The third-order valence-electron chi connectivity index (χ3n) is 5.93. The van der Waals surface area contributed by atoms with Crippen molar-refractivity contribution in [3.8, 4) is 5.75 Å². The summed E-state index contributed by atoms with van der Waals surface area (Å²) in [5, 5.41) is 5.44. The summed E-state index contributed by atoms with van der Waals surface area (Å²) in [4.78, 5) is 12.3. The van der Waals surface area contributed by atoms with E-state index < -0.39 is 0 Å². The molecule has 2 aliphatic carbocycles. The Morgan fingerprint density at radius 3 is 2.71 bits per heavy atom. The van der Waals surface area contributed by atoms with Gasteiger partial charge in [-0.1, -0.05) is 24.6 Å². The van der Waals surface area contributed by atoms with Crippen LogP contribution in [0.25, 0.3) is 10.8 Å². The van der Waals surface area contributed by atoms with E-state index >= 15 is 0 Å². The molecule has 24 heavy (non-hydrogen) atoms. The first-order valence-corrected chi connectivity index (χ1v) is 9.04. The molecule has 0 aliphatic heterocycles. The average Bonchev–Trinajstić information content (AvgIpc) is 3.22. The molecule has 3 atom stereocenters. The Hall–Kier alpha value is -2.03. The number of fused-ring (bicyclic) bond motifs is 3. The number of hydrogen-bond donors (Lipinski definition) is 1. The van der Waals surface area contributed by atoms with E-state index in [0.717, 1.165) is 28.5 Å². The van der Waals surface area contributed by atoms with Crippen LogP contribution in [0, 0.1) is 17.8 Å². The van der Waals surface area contributed by atoms with E-state index in [4.69, 9.17) is 4.74 Å². The Kier molecular flexibility index (Phi) is 4.17. The summed E-state index contributed by atoms with van der Waals surface area (Å²) < 4.78 is 5.26. The molecule has 0 spiro atoms. The van der Waals surface area contributed by atoms with Gasteiger partial charge in [-0.05, 0) is 71.6 Å². The number of methoxy groups -OCH3 is 1. The van der Waals surface area contributed by atoms with Gasteiger partial charge in [0, 0.05) is 13.0 Å². The van der Waals surface area contributed by atoms with E-state index in [1.807, 2.05) is 12.1 Å². The van der Waals surface area contributed by atoms with Gasteiger partial charge in [0.25, 0.3) is 0 Å². The van der Waals surface area contributed by atoms with Crippen LogP contribution >= 0.6 is 0 Å². The smallest absolute Gasteiger partial charge is 0.220 e. The molecule has 4 rings (SSSR count). The molecule has 126 valence electrons. The molecule has 2 aliphatic rings. The maximum absolute atomic E-state index is 12.3. The molecule has 2 aromatic rings. The second-order valence-corrected chi connectivity index (χ2v) is 7.46. The number of amides is 1. The zero-order chi connectivity index (χ0) is 16.5. The quantitative estimate of drug-likeness (QED) is 0.891. The van der Waals surface area contributed by atoms with E-state index in [1.54, 1.807) is 7.11 Å². The first-order valence-electron chi connectivity index (χ1n) is 9.04.